The highest BCUT2D eigenvalue weighted by Gasteiger charge is 2.21. The van der Waals surface area contributed by atoms with E-state index in [2.05, 4.69) is 10.0 Å². The molecule has 4 aromatic rings. The number of pyridine rings is 1. The van der Waals surface area contributed by atoms with Crippen LogP contribution in [0.4, 0.5) is 0 Å². The molecule has 3 aromatic carbocycles. The summed E-state index contributed by atoms with van der Waals surface area (Å²) in [7, 11) is -1.96. The molecule has 1 aliphatic heterocycles. The molecule has 236 valence electrons. The van der Waals surface area contributed by atoms with Crippen molar-refractivity contribution in [2.75, 3.05) is 13.7 Å². The lowest BCUT2D eigenvalue weighted by atomic mass is 9.96. The van der Waals surface area contributed by atoms with Crippen molar-refractivity contribution in [3.05, 3.63) is 88.4 Å². The first-order valence-electron chi connectivity index (χ1n) is 15.2. The third-order valence-electron chi connectivity index (χ3n) is 8.08. The van der Waals surface area contributed by atoms with E-state index in [0.29, 0.717) is 34.6 Å². The van der Waals surface area contributed by atoms with E-state index in [0.717, 1.165) is 71.9 Å². The number of nitrogens with zero attached hydrogens (tertiary/aromatic N) is 1. The van der Waals surface area contributed by atoms with Crippen LogP contribution in [0.25, 0.3) is 33.5 Å². The number of ether oxygens (including phenoxy) is 1. The summed E-state index contributed by atoms with van der Waals surface area (Å²) in [5.74, 6) is 0.684. The predicted molar refractivity (Wildman–Crippen MR) is 181 cm³/mol. The Morgan fingerprint density at radius 3 is 2.22 bits per heavy atom. The SMILES string of the molecule is CCCCNS(=O)(=O)c1ccc(-c2cccc(-c3cccc(-c4ccc(CCC[C@@H]5CCC(=O)N5)c(OC)n4)c3Cl)c2Cl)cc1. The van der Waals surface area contributed by atoms with Crippen LogP contribution in [0.5, 0.6) is 5.88 Å². The summed E-state index contributed by atoms with van der Waals surface area (Å²) in [6, 6.07) is 22.4. The molecule has 2 N–H and O–H groups in total. The second kappa shape index (κ2) is 14.8. The maximum Gasteiger partial charge on any atom is 0.240 e. The predicted octanol–water partition coefficient (Wildman–Crippen LogP) is 8.08. The average molecular weight is 667 g/mol. The van der Waals surface area contributed by atoms with Crippen molar-refractivity contribution < 1.29 is 17.9 Å². The first-order chi connectivity index (χ1) is 21.7. The number of benzene rings is 3. The molecule has 1 aromatic heterocycles. The Labute approximate surface area is 275 Å². The molecule has 1 saturated heterocycles. The van der Waals surface area contributed by atoms with Crippen LogP contribution in [0.15, 0.2) is 77.7 Å². The van der Waals surface area contributed by atoms with E-state index >= 15 is 0 Å². The Kier molecular flexibility index (Phi) is 10.8. The normalized spacial score (nSPS) is 14.8. The summed E-state index contributed by atoms with van der Waals surface area (Å²) in [6.45, 7) is 2.42. The highest BCUT2D eigenvalue weighted by Crippen LogP contribution is 2.42. The number of nitrogens with one attached hydrogen (secondary N) is 2. The maximum atomic E-state index is 12.6. The van der Waals surface area contributed by atoms with E-state index in [1.54, 1.807) is 31.4 Å². The van der Waals surface area contributed by atoms with Gasteiger partial charge in [0.2, 0.25) is 21.8 Å². The molecule has 1 aliphatic rings. The van der Waals surface area contributed by atoms with Gasteiger partial charge in [0.15, 0.2) is 0 Å². The molecule has 1 fully saturated rings. The van der Waals surface area contributed by atoms with Gasteiger partial charge < -0.3 is 10.1 Å². The summed E-state index contributed by atoms with van der Waals surface area (Å²) in [5, 5.41) is 4.04. The van der Waals surface area contributed by atoms with Crippen molar-refractivity contribution in [2.45, 2.75) is 62.8 Å². The zero-order chi connectivity index (χ0) is 32.0. The van der Waals surface area contributed by atoms with Gasteiger partial charge in [-0.15, -0.1) is 0 Å². The minimum absolute atomic E-state index is 0.133. The minimum atomic E-state index is -3.58. The van der Waals surface area contributed by atoms with E-state index in [1.807, 2.05) is 55.5 Å². The molecule has 1 atom stereocenters. The van der Waals surface area contributed by atoms with Crippen LogP contribution >= 0.6 is 23.2 Å². The van der Waals surface area contributed by atoms with Crippen LogP contribution in [-0.4, -0.2) is 39.0 Å². The number of methoxy groups -OCH3 is 1. The van der Waals surface area contributed by atoms with Crippen molar-refractivity contribution in [3.8, 4) is 39.4 Å². The van der Waals surface area contributed by atoms with E-state index in [9.17, 15) is 13.2 Å². The van der Waals surface area contributed by atoms with Gasteiger partial charge in [0.1, 0.15) is 0 Å². The van der Waals surface area contributed by atoms with Crippen molar-refractivity contribution in [1.29, 1.82) is 0 Å². The number of carbonyl (C=O) groups excluding carboxylic acids is 1. The zero-order valence-corrected chi connectivity index (χ0v) is 27.7. The van der Waals surface area contributed by atoms with Crippen LogP contribution in [0.1, 0.15) is 51.0 Å². The van der Waals surface area contributed by atoms with Crippen LogP contribution in [0.2, 0.25) is 10.0 Å². The lowest BCUT2D eigenvalue weighted by Crippen LogP contribution is -2.25. The first-order valence-corrected chi connectivity index (χ1v) is 17.5. The Balaban J connectivity index is 1.38. The third kappa shape index (κ3) is 7.69. The number of aryl methyl sites for hydroxylation is 1. The molecule has 0 spiro atoms. The molecule has 0 aliphatic carbocycles. The number of rotatable bonds is 13. The van der Waals surface area contributed by atoms with Crippen LogP contribution in [-0.2, 0) is 21.2 Å². The molecule has 5 rings (SSSR count). The van der Waals surface area contributed by atoms with Gasteiger partial charge in [0.25, 0.3) is 0 Å². The van der Waals surface area contributed by atoms with Gasteiger partial charge in [0, 0.05) is 46.8 Å². The average Bonchev–Trinajstić information content (AvgIpc) is 3.46. The van der Waals surface area contributed by atoms with Gasteiger partial charge in [-0.3, -0.25) is 4.79 Å². The smallest absolute Gasteiger partial charge is 0.240 e. The standard InChI is InChI=1S/C35H37Cl2N3O4S/c1-3-4-22-38-45(42,43)26-18-14-23(15-19-26)27-10-6-11-28(33(27)36)29-12-7-13-30(34(29)37)31-20-16-24(35(40-31)44-2)8-5-9-25-17-21-32(41)39-25/h6-7,10-16,18-20,25,38H,3-5,8-9,17,21-22H2,1-2H3,(H,39,41)/t25-/m1/s1. The fourth-order valence-electron chi connectivity index (χ4n) is 5.60. The number of aromatic nitrogens is 1. The third-order valence-corrected chi connectivity index (χ3v) is 10.4. The number of amides is 1. The highest BCUT2D eigenvalue weighted by molar-refractivity contribution is 7.89. The van der Waals surface area contributed by atoms with Gasteiger partial charge >= 0.3 is 0 Å². The molecular weight excluding hydrogens is 629 g/mol. The Morgan fingerprint density at radius 1 is 0.911 bits per heavy atom. The molecular formula is C35H37Cl2N3O4S. The molecule has 10 heteroatoms. The Bertz CT molecular complexity index is 1780. The largest absolute Gasteiger partial charge is 0.481 e. The van der Waals surface area contributed by atoms with Crippen molar-refractivity contribution in [2.24, 2.45) is 0 Å². The summed E-state index contributed by atoms with van der Waals surface area (Å²) in [4.78, 5) is 16.5. The summed E-state index contributed by atoms with van der Waals surface area (Å²) >= 11 is 14.0. The van der Waals surface area contributed by atoms with E-state index in [1.165, 1.54) is 0 Å². The molecule has 0 saturated carbocycles. The Morgan fingerprint density at radius 2 is 1.58 bits per heavy atom. The summed E-state index contributed by atoms with van der Waals surface area (Å²) < 4.78 is 33.6. The number of hydrogen-bond acceptors (Lipinski definition) is 5. The fourth-order valence-corrected chi connectivity index (χ4v) is 7.34. The zero-order valence-electron chi connectivity index (χ0n) is 25.4. The molecule has 0 bridgehead atoms. The highest BCUT2D eigenvalue weighted by atomic mass is 35.5. The maximum absolute atomic E-state index is 12.6. The topological polar surface area (TPSA) is 97.4 Å². The van der Waals surface area contributed by atoms with Gasteiger partial charge in [-0.25, -0.2) is 18.1 Å². The molecule has 0 unspecified atom stereocenters. The molecule has 45 heavy (non-hydrogen) atoms. The quantitative estimate of drug-likeness (QED) is 0.141. The van der Waals surface area contributed by atoms with Crippen molar-refractivity contribution >= 4 is 39.1 Å². The van der Waals surface area contributed by atoms with Gasteiger partial charge in [0.05, 0.1) is 27.7 Å². The van der Waals surface area contributed by atoms with Crippen molar-refractivity contribution in [1.82, 2.24) is 15.0 Å². The summed E-state index contributed by atoms with van der Waals surface area (Å²) in [5.41, 5.74) is 5.50. The monoisotopic (exact) mass is 665 g/mol. The Hall–Kier alpha value is -3.43. The molecule has 1 amide bonds. The van der Waals surface area contributed by atoms with Crippen molar-refractivity contribution in [3.63, 3.8) is 0 Å². The number of halogens is 2. The number of sulfonamides is 1. The second-order valence-corrected chi connectivity index (χ2v) is 13.7. The first kappa shape index (κ1) is 32.9. The van der Waals surface area contributed by atoms with Crippen LogP contribution in [0.3, 0.4) is 0 Å². The van der Waals surface area contributed by atoms with Crippen LogP contribution in [0, 0.1) is 0 Å². The molecule has 2 heterocycles. The van der Waals surface area contributed by atoms with Gasteiger partial charge in [-0.1, -0.05) is 91.1 Å². The fraction of sp³-hybridized carbons (Fsp3) is 0.314. The lowest BCUT2D eigenvalue weighted by molar-refractivity contribution is -0.119. The molecule has 0 radical (unpaired) electrons. The van der Waals surface area contributed by atoms with E-state index in [-0.39, 0.29) is 16.8 Å². The van der Waals surface area contributed by atoms with Gasteiger partial charge in [-0.05, 0) is 55.9 Å². The van der Waals surface area contributed by atoms with E-state index < -0.39 is 10.0 Å². The van der Waals surface area contributed by atoms with Gasteiger partial charge in [-0.2, -0.15) is 0 Å². The number of carbonyl (C=O) groups is 1. The lowest BCUT2D eigenvalue weighted by Gasteiger charge is -2.15. The van der Waals surface area contributed by atoms with Crippen LogP contribution < -0.4 is 14.8 Å². The van der Waals surface area contributed by atoms with E-state index in [4.69, 9.17) is 32.9 Å². The number of hydrogen-bond donors (Lipinski definition) is 2. The minimum Gasteiger partial charge on any atom is -0.481 e. The number of unbranched alkanes of at least 4 members (excludes halogenated alkanes) is 1. The second-order valence-electron chi connectivity index (χ2n) is 11.2. The summed E-state index contributed by atoms with van der Waals surface area (Å²) in [6.07, 6.45) is 5.82. The molecule has 7 nitrogen and oxygen atoms in total.